The summed E-state index contributed by atoms with van der Waals surface area (Å²) >= 11 is 3.24. The maximum Gasteiger partial charge on any atom is 0.257 e. The minimum Gasteiger partial charge on any atom is -0.507 e. The first-order valence-electron chi connectivity index (χ1n) is 5.95. The third-order valence-electron chi connectivity index (χ3n) is 3.52. The monoisotopic (exact) mass is 313 g/mol. The van der Waals surface area contributed by atoms with Crippen LogP contribution in [-0.2, 0) is 0 Å². The van der Waals surface area contributed by atoms with Gasteiger partial charge >= 0.3 is 0 Å². The molecule has 0 aromatic heterocycles. The number of nitrogens with zero attached hydrogens (tertiary/aromatic N) is 1. The molecule has 2 atom stereocenters. The fourth-order valence-electron chi connectivity index (χ4n) is 2.38. The molecule has 1 heterocycles. The third kappa shape index (κ3) is 2.37. The van der Waals surface area contributed by atoms with Gasteiger partial charge in [0.15, 0.2) is 0 Å². The minimum absolute atomic E-state index is 0.0365. The van der Waals surface area contributed by atoms with Gasteiger partial charge < -0.3 is 15.1 Å². The van der Waals surface area contributed by atoms with Crippen molar-refractivity contribution in [2.24, 2.45) is 5.92 Å². The first-order chi connectivity index (χ1) is 8.54. The number of phenols is 1. The van der Waals surface area contributed by atoms with E-state index >= 15 is 0 Å². The standard InChI is InChI=1S/C13H16BrNO3/c1-8-4-5-15(11(8)7-16)13(18)10-3-2-9(14)6-12(10)17/h2-3,6,8,11,16-17H,4-5,7H2,1H3. The first-order valence-corrected chi connectivity index (χ1v) is 6.74. The second kappa shape index (κ2) is 5.28. The molecule has 98 valence electrons. The normalized spacial score (nSPS) is 23.4. The zero-order valence-corrected chi connectivity index (χ0v) is 11.7. The number of halogens is 1. The molecule has 1 saturated heterocycles. The summed E-state index contributed by atoms with van der Waals surface area (Å²) in [5, 5.41) is 19.2. The SMILES string of the molecule is CC1CCN(C(=O)c2ccc(Br)cc2O)C1CO. The molecule has 5 heteroatoms. The number of hydrogen-bond acceptors (Lipinski definition) is 3. The van der Waals surface area contributed by atoms with Crippen molar-refractivity contribution in [1.82, 2.24) is 4.90 Å². The van der Waals surface area contributed by atoms with Gasteiger partial charge in [0.05, 0.1) is 18.2 Å². The molecule has 0 bridgehead atoms. The van der Waals surface area contributed by atoms with Gasteiger partial charge in [-0.1, -0.05) is 22.9 Å². The van der Waals surface area contributed by atoms with Crippen molar-refractivity contribution >= 4 is 21.8 Å². The van der Waals surface area contributed by atoms with Crippen LogP contribution in [0.15, 0.2) is 22.7 Å². The van der Waals surface area contributed by atoms with Crippen LogP contribution < -0.4 is 0 Å². The van der Waals surface area contributed by atoms with Crippen molar-refractivity contribution in [1.29, 1.82) is 0 Å². The van der Waals surface area contributed by atoms with Gasteiger partial charge in [-0.05, 0) is 30.5 Å². The molecule has 4 nitrogen and oxygen atoms in total. The zero-order valence-electron chi connectivity index (χ0n) is 10.1. The number of carbonyl (C=O) groups is 1. The van der Waals surface area contributed by atoms with E-state index in [0.717, 1.165) is 10.9 Å². The largest absolute Gasteiger partial charge is 0.507 e. The number of amides is 1. The maximum absolute atomic E-state index is 12.3. The predicted octanol–water partition coefficient (Wildman–Crippen LogP) is 2.00. The Morgan fingerprint density at radius 2 is 2.28 bits per heavy atom. The number of aliphatic hydroxyl groups is 1. The molecule has 2 N–H and O–H groups in total. The van der Waals surface area contributed by atoms with Crippen molar-refractivity contribution in [3.63, 3.8) is 0 Å². The van der Waals surface area contributed by atoms with Crippen molar-refractivity contribution < 1.29 is 15.0 Å². The summed E-state index contributed by atoms with van der Waals surface area (Å²) in [5.74, 6) is 0.0329. The summed E-state index contributed by atoms with van der Waals surface area (Å²) in [6, 6.07) is 4.67. The van der Waals surface area contributed by atoms with Crippen molar-refractivity contribution in [3.8, 4) is 5.75 Å². The lowest BCUT2D eigenvalue weighted by Crippen LogP contribution is -2.39. The first kappa shape index (κ1) is 13.4. The quantitative estimate of drug-likeness (QED) is 0.878. The Balaban J connectivity index is 2.26. The number of benzene rings is 1. The minimum atomic E-state index is -0.219. The highest BCUT2D eigenvalue weighted by Gasteiger charge is 2.34. The van der Waals surface area contributed by atoms with Crippen molar-refractivity contribution in [2.45, 2.75) is 19.4 Å². The molecule has 1 aliphatic heterocycles. The second-order valence-corrected chi connectivity index (χ2v) is 5.59. The van der Waals surface area contributed by atoms with Crippen LogP contribution in [0.25, 0.3) is 0 Å². The van der Waals surface area contributed by atoms with Gasteiger partial charge in [-0.15, -0.1) is 0 Å². The number of carbonyl (C=O) groups excluding carboxylic acids is 1. The fraction of sp³-hybridized carbons (Fsp3) is 0.462. The lowest BCUT2D eigenvalue weighted by Gasteiger charge is -2.25. The molecule has 18 heavy (non-hydrogen) atoms. The number of aliphatic hydroxyl groups excluding tert-OH is 1. The molecule has 0 radical (unpaired) electrons. The van der Waals surface area contributed by atoms with E-state index in [-0.39, 0.29) is 35.8 Å². The van der Waals surface area contributed by atoms with Gasteiger partial charge in [0.25, 0.3) is 5.91 Å². The molecule has 1 aliphatic rings. The van der Waals surface area contributed by atoms with E-state index in [4.69, 9.17) is 0 Å². The van der Waals surface area contributed by atoms with Crippen LogP contribution in [-0.4, -0.2) is 40.2 Å². The molecular weight excluding hydrogens is 298 g/mol. The van der Waals surface area contributed by atoms with E-state index in [1.807, 2.05) is 6.92 Å². The molecule has 2 rings (SSSR count). The molecule has 1 aromatic carbocycles. The van der Waals surface area contributed by atoms with Crippen LogP contribution in [0.1, 0.15) is 23.7 Å². The summed E-state index contributed by atoms with van der Waals surface area (Å²) in [5.41, 5.74) is 0.283. The number of likely N-dealkylation sites (tertiary alicyclic amines) is 1. The van der Waals surface area contributed by atoms with Gasteiger partial charge in [0.1, 0.15) is 5.75 Å². The average molecular weight is 314 g/mol. The van der Waals surface area contributed by atoms with E-state index in [1.165, 1.54) is 6.07 Å². The highest BCUT2D eigenvalue weighted by atomic mass is 79.9. The lowest BCUT2D eigenvalue weighted by atomic mass is 10.0. The molecule has 2 unspecified atom stereocenters. The topological polar surface area (TPSA) is 60.8 Å². The third-order valence-corrected chi connectivity index (χ3v) is 4.01. The number of phenolic OH excluding ortho intramolecular Hbond substituents is 1. The van der Waals surface area contributed by atoms with Crippen LogP contribution in [0.4, 0.5) is 0 Å². The van der Waals surface area contributed by atoms with Crippen molar-refractivity contribution in [2.75, 3.05) is 13.2 Å². The second-order valence-electron chi connectivity index (χ2n) is 4.68. The van der Waals surface area contributed by atoms with E-state index < -0.39 is 0 Å². The molecule has 1 aromatic rings. The summed E-state index contributed by atoms with van der Waals surface area (Å²) in [7, 11) is 0. The Labute approximate surface area is 114 Å². The smallest absolute Gasteiger partial charge is 0.257 e. The van der Waals surface area contributed by atoms with E-state index in [0.29, 0.717) is 6.54 Å². The summed E-state index contributed by atoms with van der Waals surface area (Å²) in [4.78, 5) is 14.0. The van der Waals surface area contributed by atoms with Crippen LogP contribution in [0.5, 0.6) is 5.75 Å². The Morgan fingerprint density at radius 3 is 2.89 bits per heavy atom. The Kier molecular flexibility index (Phi) is 3.92. The summed E-state index contributed by atoms with van der Waals surface area (Å²) in [6.45, 7) is 2.61. The van der Waals surface area contributed by atoms with Gasteiger partial charge in [-0.25, -0.2) is 0 Å². The van der Waals surface area contributed by atoms with Crippen molar-refractivity contribution in [3.05, 3.63) is 28.2 Å². The summed E-state index contributed by atoms with van der Waals surface area (Å²) < 4.78 is 0.727. The van der Waals surface area contributed by atoms with Gasteiger partial charge in [-0.2, -0.15) is 0 Å². The van der Waals surface area contributed by atoms with E-state index in [1.54, 1.807) is 17.0 Å². The van der Waals surface area contributed by atoms with E-state index in [9.17, 15) is 15.0 Å². The Bertz CT molecular complexity index is 464. The average Bonchev–Trinajstić information content (AvgIpc) is 2.69. The van der Waals surface area contributed by atoms with Crippen LogP contribution >= 0.6 is 15.9 Å². The zero-order chi connectivity index (χ0) is 13.3. The van der Waals surface area contributed by atoms with E-state index in [2.05, 4.69) is 15.9 Å². The highest BCUT2D eigenvalue weighted by Crippen LogP contribution is 2.29. The maximum atomic E-state index is 12.3. The van der Waals surface area contributed by atoms with Gasteiger partial charge in [0, 0.05) is 11.0 Å². The van der Waals surface area contributed by atoms with Gasteiger partial charge in [-0.3, -0.25) is 4.79 Å². The molecule has 1 fully saturated rings. The van der Waals surface area contributed by atoms with Gasteiger partial charge in [0.2, 0.25) is 0 Å². The summed E-state index contributed by atoms with van der Waals surface area (Å²) in [6.07, 6.45) is 0.883. The highest BCUT2D eigenvalue weighted by molar-refractivity contribution is 9.10. The Hall–Kier alpha value is -1.07. The molecule has 0 spiro atoms. The number of hydrogen-bond donors (Lipinski definition) is 2. The predicted molar refractivity (Wildman–Crippen MR) is 71.5 cm³/mol. The lowest BCUT2D eigenvalue weighted by molar-refractivity contribution is 0.0645. The molecule has 0 saturated carbocycles. The fourth-order valence-corrected chi connectivity index (χ4v) is 2.73. The Morgan fingerprint density at radius 1 is 1.56 bits per heavy atom. The molecule has 1 amide bonds. The molecule has 0 aliphatic carbocycles. The van der Waals surface area contributed by atoms with Crippen LogP contribution in [0.2, 0.25) is 0 Å². The van der Waals surface area contributed by atoms with Crippen LogP contribution in [0.3, 0.4) is 0 Å². The number of rotatable bonds is 2. The molecular formula is C13H16BrNO3. The number of aromatic hydroxyl groups is 1. The van der Waals surface area contributed by atoms with Crippen LogP contribution in [0, 0.1) is 5.92 Å².